The van der Waals surface area contributed by atoms with Crippen LogP contribution in [0.4, 0.5) is 0 Å². The maximum absolute atomic E-state index is 12.3. The van der Waals surface area contributed by atoms with E-state index in [0.29, 0.717) is 12.4 Å². The zero-order valence-corrected chi connectivity index (χ0v) is 15.5. The molecule has 0 radical (unpaired) electrons. The Bertz CT molecular complexity index is 916. The number of amides is 1. The number of hydrogen-bond acceptors (Lipinski definition) is 5. The molecule has 0 fully saturated rings. The Morgan fingerprint density at radius 1 is 1.19 bits per heavy atom. The van der Waals surface area contributed by atoms with E-state index in [-0.39, 0.29) is 24.5 Å². The topological polar surface area (TPSA) is 76.9 Å². The number of Topliss-reactive ketones (excluding diaryl/α,β-unsaturated/α-hetero) is 1. The number of pyridine rings is 1. The van der Waals surface area contributed by atoms with Crippen LogP contribution in [-0.4, -0.2) is 26.5 Å². The van der Waals surface area contributed by atoms with Gasteiger partial charge < -0.3 is 5.32 Å². The molecule has 0 aliphatic carbocycles. The highest BCUT2D eigenvalue weighted by Crippen LogP contribution is 2.22. The van der Waals surface area contributed by atoms with Crippen LogP contribution < -0.4 is 5.32 Å². The van der Waals surface area contributed by atoms with Gasteiger partial charge in [-0.1, -0.05) is 6.07 Å². The minimum atomic E-state index is -0.154. The number of nitrogens with one attached hydrogen (secondary N) is 1. The summed E-state index contributed by atoms with van der Waals surface area (Å²) in [5.41, 5.74) is 1.59. The molecule has 26 heavy (non-hydrogen) atoms. The predicted octanol–water partition coefficient (Wildman–Crippen LogP) is 3.22. The highest BCUT2D eigenvalue weighted by atomic mass is 32.1. The molecule has 6 nitrogen and oxygen atoms in total. The molecule has 0 aliphatic rings. The molecule has 0 atom stereocenters. The fourth-order valence-electron chi connectivity index (χ4n) is 2.72. The summed E-state index contributed by atoms with van der Waals surface area (Å²) in [6.07, 6.45) is 5.55. The predicted molar refractivity (Wildman–Crippen MR) is 101 cm³/mol. The van der Waals surface area contributed by atoms with Crippen LogP contribution in [0.3, 0.4) is 0 Å². The van der Waals surface area contributed by atoms with Crippen molar-refractivity contribution in [2.75, 3.05) is 0 Å². The summed E-state index contributed by atoms with van der Waals surface area (Å²) in [4.78, 5) is 30.8. The van der Waals surface area contributed by atoms with Gasteiger partial charge in [-0.3, -0.25) is 9.59 Å². The molecule has 0 aliphatic heterocycles. The van der Waals surface area contributed by atoms with E-state index in [1.165, 1.54) is 0 Å². The highest BCUT2D eigenvalue weighted by molar-refractivity contribution is 7.12. The summed E-state index contributed by atoms with van der Waals surface area (Å²) in [6.45, 7) is 4.25. The van der Waals surface area contributed by atoms with Gasteiger partial charge >= 0.3 is 0 Å². The van der Waals surface area contributed by atoms with Gasteiger partial charge in [-0.25, -0.2) is 9.67 Å². The maximum Gasteiger partial charge on any atom is 0.220 e. The molecule has 0 bridgehead atoms. The first-order chi connectivity index (χ1) is 12.5. The third-order valence-electron chi connectivity index (χ3n) is 3.99. The van der Waals surface area contributed by atoms with E-state index in [2.05, 4.69) is 15.4 Å². The van der Waals surface area contributed by atoms with Crippen LogP contribution >= 0.6 is 11.3 Å². The molecule has 1 N–H and O–H groups in total. The molecule has 3 rings (SSSR count). The lowest BCUT2D eigenvalue weighted by molar-refractivity contribution is -0.121. The van der Waals surface area contributed by atoms with E-state index in [0.717, 1.165) is 20.9 Å². The molecule has 0 saturated carbocycles. The summed E-state index contributed by atoms with van der Waals surface area (Å²) in [5, 5.41) is 7.03. The van der Waals surface area contributed by atoms with Gasteiger partial charge in [0, 0.05) is 58.9 Å². The number of aryl methyl sites for hydroxylation is 2. The lowest BCUT2D eigenvalue weighted by Crippen LogP contribution is -2.24. The van der Waals surface area contributed by atoms with E-state index < -0.39 is 0 Å². The quantitative estimate of drug-likeness (QED) is 0.650. The third kappa shape index (κ3) is 4.23. The van der Waals surface area contributed by atoms with Crippen molar-refractivity contribution < 1.29 is 9.59 Å². The normalized spacial score (nSPS) is 10.7. The number of nitrogens with zero attached hydrogens (tertiary/aromatic N) is 3. The number of hydrogen-bond donors (Lipinski definition) is 1. The van der Waals surface area contributed by atoms with Crippen molar-refractivity contribution in [1.29, 1.82) is 0 Å². The van der Waals surface area contributed by atoms with Crippen molar-refractivity contribution in [2.45, 2.75) is 33.2 Å². The summed E-state index contributed by atoms with van der Waals surface area (Å²) in [5.74, 6) is 0.539. The molecular weight excluding hydrogens is 348 g/mol. The Balaban J connectivity index is 1.55. The molecule has 0 saturated heterocycles. The fraction of sp³-hybridized carbons (Fsp3) is 0.263. The number of thiophene rings is 1. The van der Waals surface area contributed by atoms with Crippen LogP contribution in [0.15, 0.2) is 42.9 Å². The number of aromatic nitrogens is 3. The SMILES string of the molecule is Cc1cc(C(=O)CCC(=O)NCc2cccnc2-n2cccn2)c(C)s1. The van der Waals surface area contributed by atoms with Crippen LogP contribution in [0.2, 0.25) is 0 Å². The Hall–Kier alpha value is -2.80. The molecule has 1 amide bonds. The maximum atomic E-state index is 12.3. The molecule has 3 heterocycles. The first-order valence-corrected chi connectivity index (χ1v) is 9.17. The van der Waals surface area contributed by atoms with Crippen LogP contribution in [-0.2, 0) is 11.3 Å². The molecule has 7 heteroatoms. The standard InChI is InChI=1S/C19H20N4O2S/c1-13-11-16(14(2)26-13)17(24)6-7-18(25)21-12-15-5-3-8-20-19(15)23-10-4-9-22-23/h3-5,8-11H,6-7,12H2,1-2H3,(H,21,25). The van der Waals surface area contributed by atoms with Crippen molar-refractivity contribution in [3.8, 4) is 5.82 Å². The second-order valence-electron chi connectivity index (χ2n) is 5.96. The van der Waals surface area contributed by atoms with Gasteiger partial charge in [0.25, 0.3) is 0 Å². The van der Waals surface area contributed by atoms with Gasteiger partial charge in [-0.05, 0) is 32.0 Å². The molecular formula is C19H20N4O2S. The highest BCUT2D eigenvalue weighted by Gasteiger charge is 2.14. The van der Waals surface area contributed by atoms with Crippen LogP contribution in [0.1, 0.15) is 38.5 Å². The molecule has 3 aromatic heterocycles. The van der Waals surface area contributed by atoms with E-state index in [9.17, 15) is 9.59 Å². The smallest absolute Gasteiger partial charge is 0.220 e. The number of rotatable bonds is 7. The minimum Gasteiger partial charge on any atom is -0.352 e. The third-order valence-corrected chi connectivity index (χ3v) is 4.95. The summed E-state index contributed by atoms with van der Waals surface area (Å²) < 4.78 is 1.66. The monoisotopic (exact) mass is 368 g/mol. The Labute approximate surface area is 155 Å². The van der Waals surface area contributed by atoms with Crippen LogP contribution in [0.25, 0.3) is 5.82 Å². The molecule has 0 spiro atoms. The van der Waals surface area contributed by atoms with Crippen molar-refractivity contribution >= 4 is 23.0 Å². The summed E-state index contributed by atoms with van der Waals surface area (Å²) in [6, 6.07) is 7.43. The van der Waals surface area contributed by atoms with E-state index in [4.69, 9.17) is 0 Å². The van der Waals surface area contributed by atoms with E-state index in [1.807, 2.05) is 38.1 Å². The first kappa shape index (κ1) is 18.0. The molecule has 0 unspecified atom stereocenters. The van der Waals surface area contributed by atoms with Crippen LogP contribution in [0.5, 0.6) is 0 Å². The lowest BCUT2D eigenvalue weighted by atomic mass is 10.1. The second kappa shape index (κ2) is 8.05. The number of ketones is 1. The van der Waals surface area contributed by atoms with Crippen molar-refractivity contribution in [3.05, 3.63) is 63.7 Å². The van der Waals surface area contributed by atoms with Crippen molar-refractivity contribution in [3.63, 3.8) is 0 Å². The molecule has 3 aromatic rings. The van der Waals surface area contributed by atoms with Crippen LogP contribution in [0, 0.1) is 13.8 Å². The second-order valence-corrected chi connectivity index (χ2v) is 7.42. The zero-order valence-electron chi connectivity index (χ0n) is 14.7. The van der Waals surface area contributed by atoms with Gasteiger partial charge in [-0.2, -0.15) is 5.10 Å². The molecule has 0 aromatic carbocycles. The zero-order chi connectivity index (χ0) is 18.5. The van der Waals surface area contributed by atoms with E-state index in [1.54, 1.807) is 34.6 Å². The molecule has 134 valence electrons. The van der Waals surface area contributed by atoms with Crippen molar-refractivity contribution in [1.82, 2.24) is 20.1 Å². The Morgan fingerprint density at radius 3 is 2.73 bits per heavy atom. The van der Waals surface area contributed by atoms with Crippen molar-refractivity contribution in [2.24, 2.45) is 0 Å². The fourth-order valence-corrected chi connectivity index (χ4v) is 3.66. The average molecular weight is 368 g/mol. The Kier molecular flexibility index (Phi) is 5.58. The van der Waals surface area contributed by atoms with Gasteiger partial charge in [-0.15, -0.1) is 11.3 Å². The first-order valence-electron chi connectivity index (χ1n) is 8.35. The number of carbonyl (C=O) groups is 2. The average Bonchev–Trinajstić information content (AvgIpc) is 3.27. The largest absolute Gasteiger partial charge is 0.352 e. The Morgan fingerprint density at radius 2 is 2.04 bits per heavy atom. The minimum absolute atomic E-state index is 0.0145. The van der Waals surface area contributed by atoms with Gasteiger partial charge in [0.05, 0.1) is 0 Å². The summed E-state index contributed by atoms with van der Waals surface area (Å²) in [7, 11) is 0. The lowest BCUT2D eigenvalue weighted by Gasteiger charge is -2.09. The van der Waals surface area contributed by atoms with Gasteiger partial charge in [0.15, 0.2) is 11.6 Å². The van der Waals surface area contributed by atoms with Gasteiger partial charge in [0.2, 0.25) is 5.91 Å². The van der Waals surface area contributed by atoms with Gasteiger partial charge in [0.1, 0.15) is 0 Å². The summed E-state index contributed by atoms with van der Waals surface area (Å²) >= 11 is 1.60. The van der Waals surface area contributed by atoms with E-state index >= 15 is 0 Å². The number of carbonyl (C=O) groups excluding carboxylic acids is 2.